The summed E-state index contributed by atoms with van der Waals surface area (Å²) in [5.41, 5.74) is 2.35. The number of carbonyl (C=O) groups is 1. The quantitative estimate of drug-likeness (QED) is 0.573. The van der Waals surface area contributed by atoms with Crippen LogP contribution in [-0.4, -0.2) is 50.6 Å². The van der Waals surface area contributed by atoms with Crippen molar-refractivity contribution in [2.45, 2.75) is 32.5 Å². The van der Waals surface area contributed by atoms with Crippen molar-refractivity contribution in [3.8, 4) is 28.4 Å². The van der Waals surface area contributed by atoms with E-state index in [4.69, 9.17) is 9.47 Å². The van der Waals surface area contributed by atoms with Crippen LogP contribution in [0.2, 0.25) is 0 Å². The van der Waals surface area contributed by atoms with Gasteiger partial charge in [-0.2, -0.15) is 18.0 Å². The molecule has 0 fully saturated rings. The minimum Gasteiger partial charge on any atom is -0.496 e. The third kappa shape index (κ3) is 3.87. The van der Waals surface area contributed by atoms with E-state index >= 15 is 0 Å². The van der Waals surface area contributed by atoms with Crippen molar-refractivity contribution in [3.63, 3.8) is 0 Å². The zero-order valence-electron chi connectivity index (χ0n) is 17.2. The first-order valence-corrected chi connectivity index (χ1v) is 9.63. The van der Waals surface area contributed by atoms with Gasteiger partial charge in [0, 0.05) is 12.1 Å². The molecular weight excluding hydrogens is 415 g/mol. The van der Waals surface area contributed by atoms with Crippen LogP contribution < -0.4 is 4.74 Å². The number of fused-ring (bicyclic) bond motifs is 3. The Kier molecular flexibility index (Phi) is 5.19. The van der Waals surface area contributed by atoms with Crippen LogP contribution in [0.5, 0.6) is 5.75 Å². The summed E-state index contributed by atoms with van der Waals surface area (Å²) in [6, 6.07) is 4.75. The number of ether oxygens (including phenoxy) is 2. The molecule has 4 rings (SSSR count). The van der Waals surface area contributed by atoms with E-state index in [0.717, 1.165) is 5.56 Å². The van der Waals surface area contributed by atoms with E-state index in [-0.39, 0.29) is 23.7 Å². The number of alkyl halides is 3. The van der Waals surface area contributed by atoms with Gasteiger partial charge in [0.1, 0.15) is 11.4 Å². The van der Waals surface area contributed by atoms with Gasteiger partial charge in [0.05, 0.1) is 38.4 Å². The van der Waals surface area contributed by atoms with Gasteiger partial charge in [-0.1, -0.05) is 0 Å². The van der Waals surface area contributed by atoms with E-state index in [2.05, 4.69) is 15.4 Å². The van der Waals surface area contributed by atoms with Crippen LogP contribution in [0, 0.1) is 0 Å². The standard InChI is InChI=1S/C20H20F3N5O3/c1-4-31-19(29)15-7-12(10-20(21,22)23)17-13-9-14(18-24-26-27(2)25-18)16(30-3)8-11(13)5-6-28(15)17/h7-9H,4-6,10H2,1-3H3. The Hall–Kier alpha value is -3.37. The minimum atomic E-state index is -4.44. The van der Waals surface area contributed by atoms with E-state index in [1.165, 1.54) is 18.0 Å². The van der Waals surface area contributed by atoms with Gasteiger partial charge < -0.3 is 14.0 Å². The predicted octanol–water partition coefficient (Wildman–Crippen LogP) is 3.19. The van der Waals surface area contributed by atoms with Crippen molar-refractivity contribution in [2.24, 2.45) is 7.05 Å². The smallest absolute Gasteiger partial charge is 0.393 e. The molecule has 0 amide bonds. The molecule has 0 unspecified atom stereocenters. The lowest BCUT2D eigenvalue weighted by molar-refractivity contribution is -0.127. The van der Waals surface area contributed by atoms with Gasteiger partial charge in [0.15, 0.2) is 0 Å². The zero-order valence-corrected chi connectivity index (χ0v) is 17.2. The molecule has 164 valence electrons. The van der Waals surface area contributed by atoms with E-state index < -0.39 is 18.6 Å². The van der Waals surface area contributed by atoms with Gasteiger partial charge in [-0.05, 0) is 47.9 Å². The first kappa shape index (κ1) is 20.9. The molecule has 31 heavy (non-hydrogen) atoms. The number of benzene rings is 1. The highest BCUT2D eigenvalue weighted by Gasteiger charge is 2.34. The van der Waals surface area contributed by atoms with Gasteiger partial charge in [0.2, 0.25) is 5.82 Å². The molecule has 0 spiro atoms. The van der Waals surface area contributed by atoms with E-state index in [1.54, 1.807) is 30.7 Å². The van der Waals surface area contributed by atoms with Crippen molar-refractivity contribution < 1.29 is 27.4 Å². The Morgan fingerprint density at radius 2 is 2.00 bits per heavy atom. The summed E-state index contributed by atoms with van der Waals surface area (Å²) in [6.07, 6.45) is -5.08. The van der Waals surface area contributed by atoms with Gasteiger partial charge >= 0.3 is 12.1 Å². The molecule has 0 saturated carbocycles. The van der Waals surface area contributed by atoms with Crippen molar-refractivity contribution >= 4 is 5.97 Å². The Morgan fingerprint density at radius 1 is 1.23 bits per heavy atom. The molecule has 11 heteroatoms. The summed E-state index contributed by atoms with van der Waals surface area (Å²) < 4.78 is 52.1. The SMILES string of the molecule is CCOC(=O)c1cc(CC(F)(F)F)c2n1CCc1cc(OC)c(-c3nnn(C)n3)cc1-2. The number of aromatic nitrogens is 5. The molecule has 0 radical (unpaired) electrons. The molecule has 0 saturated heterocycles. The monoisotopic (exact) mass is 435 g/mol. The fraction of sp³-hybridized carbons (Fsp3) is 0.400. The Bertz CT molecular complexity index is 1150. The fourth-order valence-electron chi connectivity index (χ4n) is 3.90. The van der Waals surface area contributed by atoms with Crippen LogP contribution in [0.3, 0.4) is 0 Å². The summed E-state index contributed by atoms with van der Waals surface area (Å²) >= 11 is 0. The largest absolute Gasteiger partial charge is 0.496 e. The van der Waals surface area contributed by atoms with Crippen molar-refractivity contribution in [2.75, 3.05) is 13.7 Å². The number of hydrogen-bond acceptors (Lipinski definition) is 6. The molecule has 3 heterocycles. The zero-order chi connectivity index (χ0) is 22.3. The summed E-state index contributed by atoms with van der Waals surface area (Å²) in [6.45, 7) is 2.13. The van der Waals surface area contributed by atoms with E-state index in [0.29, 0.717) is 35.5 Å². The van der Waals surface area contributed by atoms with Gasteiger partial charge in [-0.25, -0.2) is 4.79 Å². The highest BCUT2D eigenvalue weighted by Crippen LogP contribution is 2.42. The van der Waals surface area contributed by atoms with Gasteiger partial charge in [-0.3, -0.25) is 0 Å². The molecule has 0 bridgehead atoms. The Labute approximate surface area is 175 Å². The Morgan fingerprint density at radius 3 is 2.61 bits per heavy atom. The average molecular weight is 435 g/mol. The summed E-state index contributed by atoms with van der Waals surface area (Å²) in [4.78, 5) is 13.7. The number of halogens is 3. The molecule has 1 aliphatic rings. The summed E-state index contributed by atoms with van der Waals surface area (Å²) in [5, 5.41) is 12.0. The summed E-state index contributed by atoms with van der Waals surface area (Å²) in [5.74, 6) is 0.133. The maximum absolute atomic E-state index is 13.3. The van der Waals surface area contributed by atoms with Crippen LogP contribution >= 0.6 is 0 Å². The number of tetrazole rings is 1. The van der Waals surface area contributed by atoms with Crippen LogP contribution in [0.25, 0.3) is 22.6 Å². The highest BCUT2D eigenvalue weighted by molar-refractivity contribution is 5.91. The first-order chi connectivity index (χ1) is 14.7. The molecular formula is C20H20F3N5O3. The van der Waals surface area contributed by atoms with Crippen LogP contribution in [0.1, 0.15) is 28.5 Å². The first-order valence-electron chi connectivity index (χ1n) is 9.63. The number of rotatable bonds is 5. The maximum Gasteiger partial charge on any atom is 0.393 e. The third-order valence-corrected chi connectivity index (χ3v) is 5.09. The lowest BCUT2D eigenvalue weighted by atomic mass is 9.92. The maximum atomic E-state index is 13.3. The molecule has 3 aromatic rings. The number of nitrogens with zero attached hydrogens (tertiary/aromatic N) is 5. The van der Waals surface area contributed by atoms with Gasteiger partial charge in [0.25, 0.3) is 0 Å². The molecule has 0 aliphatic carbocycles. The second-order valence-electron chi connectivity index (χ2n) is 7.13. The molecule has 0 atom stereocenters. The Balaban J connectivity index is 1.94. The number of carbonyl (C=O) groups excluding carboxylic acids is 1. The van der Waals surface area contributed by atoms with Crippen molar-refractivity contribution in [1.29, 1.82) is 0 Å². The average Bonchev–Trinajstić information content (AvgIpc) is 3.29. The van der Waals surface area contributed by atoms with Crippen LogP contribution in [-0.2, 0) is 31.2 Å². The number of methoxy groups -OCH3 is 1. The highest BCUT2D eigenvalue weighted by atomic mass is 19.4. The second kappa shape index (κ2) is 7.71. The fourth-order valence-corrected chi connectivity index (χ4v) is 3.90. The molecule has 8 nitrogen and oxygen atoms in total. The predicted molar refractivity (Wildman–Crippen MR) is 104 cm³/mol. The summed E-state index contributed by atoms with van der Waals surface area (Å²) in [7, 11) is 3.11. The number of esters is 1. The van der Waals surface area contributed by atoms with Crippen LogP contribution in [0.4, 0.5) is 13.2 Å². The molecule has 0 N–H and O–H groups in total. The van der Waals surface area contributed by atoms with Crippen molar-refractivity contribution in [1.82, 2.24) is 24.8 Å². The van der Waals surface area contributed by atoms with E-state index in [9.17, 15) is 18.0 Å². The topological polar surface area (TPSA) is 84.1 Å². The van der Waals surface area contributed by atoms with Crippen LogP contribution in [0.15, 0.2) is 18.2 Å². The number of hydrogen-bond donors (Lipinski definition) is 0. The lowest BCUT2D eigenvalue weighted by Gasteiger charge is -2.24. The molecule has 1 aromatic carbocycles. The normalized spacial score (nSPS) is 13.0. The molecule has 2 aromatic heterocycles. The minimum absolute atomic E-state index is 0.0136. The second-order valence-corrected chi connectivity index (χ2v) is 7.13. The number of aryl methyl sites for hydroxylation is 2. The third-order valence-electron chi connectivity index (χ3n) is 5.09. The van der Waals surface area contributed by atoms with Gasteiger partial charge in [-0.15, -0.1) is 10.2 Å². The van der Waals surface area contributed by atoms with E-state index in [1.807, 2.05) is 0 Å². The van der Waals surface area contributed by atoms with Crippen molar-refractivity contribution in [3.05, 3.63) is 35.0 Å². The lowest BCUT2D eigenvalue weighted by Crippen LogP contribution is -2.18. The molecule has 1 aliphatic heterocycles.